The molecule has 1 aliphatic heterocycles. The topological polar surface area (TPSA) is 117 Å². The average Bonchev–Trinajstić information content (AvgIpc) is 3.42. The number of carbonyl (C=O) groups is 1. The van der Waals surface area contributed by atoms with Crippen molar-refractivity contribution in [3.05, 3.63) is 66.9 Å². The number of benzene rings is 3. The molecule has 6 rings (SSSR count). The SMILES string of the molecule is CCOc1ccc2nc(-c3cccc(NC(=O)CN4CCOCC4)c3)nc(Nc3ccc4cn[nH]c4c3)c2c1. The van der Waals surface area contributed by atoms with E-state index in [0.29, 0.717) is 43.7 Å². The van der Waals surface area contributed by atoms with E-state index in [-0.39, 0.29) is 5.91 Å². The number of morpholine rings is 1. The van der Waals surface area contributed by atoms with Crippen molar-refractivity contribution < 1.29 is 14.3 Å². The van der Waals surface area contributed by atoms with Crippen LogP contribution in [-0.4, -0.2) is 70.4 Å². The van der Waals surface area contributed by atoms with Gasteiger partial charge < -0.3 is 20.1 Å². The number of H-pyrrole nitrogens is 1. The van der Waals surface area contributed by atoms with Crippen molar-refractivity contribution in [1.82, 2.24) is 25.1 Å². The highest BCUT2D eigenvalue weighted by Crippen LogP contribution is 2.31. The minimum atomic E-state index is -0.0616. The molecule has 3 heterocycles. The first-order chi connectivity index (χ1) is 19.1. The number of nitrogens with zero attached hydrogens (tertiary/aromatic N) is 4. The Morgan fingerprint density at radius 3 is 2.82 bits per heavy atom. The molecule has 1 amide bonds. The van der Waals surface area contributed by atoms with E-state index in [4.69, 9.17) is 19.4 Å². The smallest absolute Gasteiger partial charge is 0.238 e. The number of aromatic amines is 1. The summed E-state index contributed by atoms with van der Waals surface area (Å²) in [4.78, 5) is 24.5. The summed E-state index contributed by atoms with van der Waals surface area (Å²) in [6, 6.07) is 19.4. The monoisotopic (exact) mass is 523 g/mol. The Bertz CT molecular complexity index is 1630. The third kappa shape index (κ3) is 5.66. The molecular weight excluding hydrogens is 494 g/mol. The van der Waals surface area contributed by atoms with Crippen LogP contribution >= 0.6 is 0 Å². The molecule has 1 saturated heterocycles. The number of nitrogens with one attached hydrogen (secondary N) is 3. The quantitative estimate of drug-likeness (QED) is 0.270. The minimum absolute atomic E-state index is 0.0616. The third-order valence-electron chi connectivity index (χ3n) is 6.56. The van der Waals surface area contributed by atoms with Gasteiger partial charge in [-0.1, -0.05) is 12.1 Å². The standard InChI is InChI=1S/C29H29N7O3/c1-2-39-23-8-9-25-24(16-23)29(32-22-7-6-20-17-30-35-26(20)15-22)34-28(33-25)19-4-3-5-21(14-19)31-27(37)18-36-10-12-38-13-11-36/h3-9,14-17H,2,10-13,18H2,1H3,(H,30,35)(H,31,37)(H,32,33,34). The highest BCUT2D eigenvalue weighted by atomic mass is 16.5. The van der Waals surface area contributed by atoms with Gasteiger partial charge in [-0.25, -0.2) is 9.97 Å². The molecule has 0 spiro atoms. The van der Waals surface area contributed by atoms with Crippen molar-refractivity contribution >= 4 is 44.9 Å². The van der Waals surface area contributed by atoms with Gasteiger partial charge in [-0.3, -0.25) is 14.8 Å². The van der Waals surface area contributed by atoms with Gasteiger partial charge in [0, 0.05) is 40.8 Å². The summed E-state index contributed by atoms with van der Waals surface area (Å²) >= 11 is 0. The molecule has 0 saturated carbocycles. The number of fused-ring (bicyclic) bond motifs is 2. The minimum Gasteiger partial charge on any atom is -0.494 e. The van der Waals surface area contributed by atoms with Gasteiger partial charge >= 0.3 is 0 Å². The lowest BCUT2D eigenvalue weighted by Gasteiger charge is -2.25. The van der Waals surface area contributed by atoms with E-state index in [9.17, 15) is 4.79 Å². The molecule has 3 N–H and O–H groups in total. The molecule has 39 heavy (non-hydrogen) atoms. The van der Waals surface area contributed by atoms with E-state index in [1.165, 1.54) is 0 Å². The van der Waals surface area contributed by atoms with E-state index >= 15 is 0 Å². The second-order valence-electron chi connectivity index (χ2n) is 9.32. The van der Waals surface area contributed by atoms with E-state index in [1.807, 2.05) is 67.6 Å². The summed E-state index contributed by atoms with van der Waals surface area (Å²) in [6.07, 6.45) is 1.79. The number of amides is 1. The van der Waals surface area contributed by atoms with Gasteiger partial charge in [-0.05, 0) is 55.5 Å². The van der Waals surface area contributed by atoms with Crippen LogP contribution in [0.15, 0.2) is 66.9 Å². The van der Waals surface area contributed by atoms with Gasteiger partial charge in [-0.2, -0.15) is 5.10 Å². The first-order valence-electron chi connectivity index (χ1n) is 13.0. The van der Waals surface area contributed by atoms with Crippen LogP contribution in [0.2, 0.25) is 0 Å². The van der Waals surface area contributed by atoms with Crippen LogP contribution in [0.5, 0.6) is 5.75 Å². The summed E-state index contributed by atoms with van der Waals surface area (Å²) in [6.45, 7) is 5.67. The molecule has 10 heteroatoms. The summed E-state index contributed by atoms with van der Waals surface area (Å²) in [5, 5.41) is 15.5. The van der Waals surface area contributed by atoms with Gasteiger partial charge in [-0.15, -0.1) is 0 Å². The van der Waals surface area contributed by atoms with E-state index in [1.54, 1.807) is 6.20 Å². The van der Waals surface area contributed by atoms with E-state index in [0.717, 1.165) is 51.9 Å². The number of hydrogen-bond acceptors (Lipinski definition) is 8. The zero-order valence-corrected chi connectivity index (χ0v) is 21.6. The molecule has 5 aromatic rings. The zero-order chi connectivity index (χ0) is 26.6. The van der Waals surface area contributed by atoms with Crippen LogP contribution in [0.4, 0.5) is 17.2 Å². The molecule has 198 valence electrons. The number of rotatable bonds is 8. The lowest BCUT2D eigenvalue weighted by atomic mass is 10.1. The average molecular weight is 524 g/mol. The summed E-state index contributed by atoms with van der Waals surface area (Å²) in [5.41, 5.74) is 4.05. The molecular formula is C29H29N7O3. The largest absolute Gasteiger partial charge is 0.494 e. The van der Waals surface area contributed by atoms with Gasteiger partial charge in [0.05, 0.1) is 43.6 Å². The zero-order valence-electron chi connectivity index (χ0n) is 21.6. The maximum absolute atomic E-state index is 12.7. The second-order valence-corrected chi connectivity index (χ2v) is 9.32. The number of aromatic nitrogens is 4. The normalized spacial score (nSPS) is 14.0. The predicted octanol–water partition coefficient (Wildman–Crippen LogP) is 4.59. The fourth-order valence-electron chi connectivity index (χ4n) is 4.64. The highest BCUT2D eigenvalue weighted by molar-refractivity contribution is 5.95. The Morgan fingerprint density at radius 1 is 1.05 bits per heavy atom. The Kier molecular flexibility index (Phi) is 7.03. The molecule has 3 aromatic carbocycles. The van der Waals surface area contributed by atoms with Crippen molar-refractivity contribution in [3.63, 3.8) is 0 Å². The molecule has 0 aliphatic carbocycles. The summed E-state index contributed by atoms with van der Waals surface area (Å²) in [7, 11) is 0. The number of anilines is 3. The lowest BCUT2D eigenvalue weighted by molar-refractivity contribution is -0.118. The number of carbonyl (C=O) groups excluding carboxylic acids is 1. The number of hydrogen-bond donors (Lipinski definition) is 3. The van der Waals surface area contributed by atoms with Gasteiger partial charge in [0.25, 0.3) is 0 Å². The fourth-order valence-corrected chi connectivity index (χ4v) is 4.64. The van der Waals surface area contributed by atoms with Gasteiger partial charge in [0.15, 0.2) is 5.82 Å². The van der Waals surface area contributed by atoms with Crippen LogP contribution in [0, 0.1) is 0 Å². The molecule has 0 bridgehead atoms. The molecule has 0 unspecified atom stereocenters. The second kappa shape index (κ2) is 11.1. The Hall–Kier alpha value is -4.54. The Morgan fingerprint density at radius 2 is 1.95 bits per heavy atom. The third-order valence-corrected chi connectivity index (χ3v) is 6.56. The number of ether oxygens (including phenoxy) is 2. The van der Waals surface area contributed by atoms with Crippen molar-refractivity contribution in [3.8, 4) is 17.1 Å². The molecule has 0 atom stereocenters. The molecule has 1 fully saturated rings. The van der Waals surface area contributed by atoms with Crippen molar-refractivity contribution in [2.45, 2.75) is 6.92 Å². The van der Waals surface area contributed by atoms with Crippen molar-refractivity contribution in [1.29, 1.82) is 0 Å². The molecule has 10 nitrogen and oxygen atoms in total. The van der Waals surface area contributed by atoms with Crippen molar-refractivity contribution in [2.75, 3.05) is 50.1 Å². The first kappa shape index (κ1) is 24.8. The van der Waals surface area contributed by atoms with Crippen LogP contribution in [-0.2, 0) is 9.53 Å². The van der Waals surface area contributed by atoms with E-state index in [2.05, 4.69) is 25.7 Å². The lowest BCUT2D eigenvalue weighted by Crippen LogP contribution is -2.41. The molecule has 1 aliphatic rings. The van der Waals surface area contributed by atoms with Gasteiger partial charge in [0.1, 0.15) is 11.6 Å². The van der Waals surface area contributed by atoms with Gasteiger partial charge in [0.2, 0.25) is 5.91 Å². The highest BCUT2D eigenvalue weighted by Gasteiger charge is 2.16. The predicted molar refractivity (Wildman–Crippen MR) is 151 cm³/mol. The molecule has 0 radical (unpaired) electrons. The van der Waals surface area contributed by atoms with Crippen LogP contribution in [0.1, 0.15) is 6.92 Å². The van der Waals surface area contributed by atoms with Crippen molar-refractivity contribution in [2.24, 2.45) is 0 Å². The summed E-state index contributed by atoms with van der Waals surface area (Å²) in [5.74, 6) is 1.88. The van der Waals surface area contributed by atoms with Crippen LogP contribution in [0.25, 0.3) is 33.2 Å². The van der Waals surface area contributed by atoms with Crippen LogP contribution < -0.4 is 15.4 Å². The first-order valence-corrected chi connectivity index (χ1v) is 13.0. The maximum Gasteiger partial charge on any atom is 0.238 e. The molecule has 2 aromatic heterocycles. The maximum atomic E-state index is 12.7. The fraction of sp³-hybridized carbons (Fsp3) is 0.241. The van der Waals surface area contributed by atoms with Crippen LogP contribution in [0.3, 0.4) is 0 Å². The Balaban J connectivity index is 1.32. The summed E-state index contributed by atoms with van der Waals surface area (Å²) < 4.78 is 11.1. The van der Waals surface area contributed by atoms with E-state index < -0.39 is 0 Å². The Labute approximate surface area is 225 Å².